The van der Waals surface area contributed by atoms with Gasteiger partial charge < -0.3 is 14.2 Å². The molecule has 1 aliphatic carbocycles. The molecule has 4 rings (SSSR count). The first-order chi connectivity index (χ1) is 15.4. The Hall–Kier alpha value is -3.41. The maximum absolute atomic E-state index is 13.4. The lowest BCUT2D eigenvalue weighted by molar-refractivity contribution is -0.170. The number of esters is 2. The largest absolute Gasteiger partial charge is 0.497 e. The molecule has 1 saturated carbocycles. The zero-order valence-electron chi connectivity index (χ0n) is 18.8. The first-order valence-corrected chi connectivity index (χ1v) is 10.5. The summed E-state index contributed by atoms with van der Waals surface area (Å²) >= 11 is 0. The molecule has 2 aromatic carbocycles. The molecule has 6 nitrogen and oxygen atoms in total. The van der Waals surface area contributed by atoms with E-state index in [-0.39, 0.29) is 12.3 Å². The number of carbonyl (C=O) groups is 2. The second kappa shape index (κ2) is 7.93. The van der Waals surface area contributed by atoms with Gasteiger partial charge in [0, 0.05) is 11.6 Å². The minimum absolute atomic E-state index is 0.193. The van der Waals surface area contributed by atoms with E-state index >= 15 is 0 Å². The van der Waals surface area contributed by atoms with Gasteiger partial charge in [-0.3, -0.25) is 14.6 Å². The average Bonchev–Trinajstić information content (AvgIpc) is 3.31. The van der Waals surface area contributed by atoms with Gasteiger partial charge in [-0.25, -0.2) is 0 Å². The number of allylic oxidation sites excluding steroid dienone is 1. The van der Waals surface area contributed by atoms with E-state index in [1.165, 1.54) is 14.2 Å². The molecule has 0 amide bonds. The predicted molar refractivity (Wildman–Crippen MR) is 121 cm³/mol. The van der Waals surface area contributed by atoms with Crippen LogP contribution in [0.2, 0.25) is 0 Å². The van der Waals surface area contributed by atoms with Crippen molar-refractivity contribution in [2.24, 2.45) is 16.3 Å². The summed E-state index contributed by atoms with van der Waals surface area (Å²) < 4.78 is 16.0. The third-order valence-electron chi connectivity index (χ3n) is 7.13. The number of methoxy groups -OCH3 is 3. The molecule has 2 aliphatic rings. The predicted octanol–water partition coefficient (Wildman–Crippen LogP) is 4.36. The highest BCUT2D eigenvalue weighted by molar-refractivity contribution is 6.09. The van der Waals surface area contributed by atoms with Crippen LogP contribution in [0.1, 0.15) is 30.4 Å². The van der Waals surface area contributed by atoms with Gasteiger partial charge >= 0.3 is 11.9 Å². The normalized spacial score (nSPS) is 25.1. The Morgan fingerprint density at radius 3 is 2.28 bits per heavy atom. The minimum atomic E-state index is -1.56. The molecule has 0 unspecified atom stereocenters. The molecular formula is C26H27NO5. The number of aliphatic imine (C=N–C) groups is 1. The number of carbonyl (C=O) groups excluding carboxylic acids is 2. The van der Waals surface area contributed by atoms with Gasteiger partial charge in [0.25, 0.3) is 0 Å². The molecule has 1 heterocycles. The fraction of sp³-hybridized carbons (Fsp3) is 0.346. The Morgan fingerprint density at radius 2 is 1.72 bits per heavy atom. The van der Waals surface area contributed by atoms with Crippen LogP contribution in [0.4, 0.5) is 5.69 Å². The summed E-state index contributed by atoms with van der Waals surface area (Å²) in [4.78, 5) is 31.8. The molecule has 0 bridgehead atoms. The Balaban J connectivity index is 2.13. The minimum Gasteiger partial charge on any atom is -0.497 e. The van der Waals surface area contributed by atoms with Crippen molar-refractivity contribution >= 4 is 23.3 Å². The van der Waals surface area contributed by atoms with Crippen molar-refractivity contribution in [2.75, 3.05) is 21.3 Å². The first-order valence-electron chi connectivity index (χ1n) is 10.5. The SMILES string of the molecule is C=C[C@H]1CC(C(=O)OC)(C(=O)OC)[C@@H](c2ccccc2)[C@]12C(C)=Nc1ccc(OC)cc12. The second-order valence-corrected chi connectivity index (χ2v) is 8.29. The van der Waals surface area contributed by atoms with Gasteiger partial charge in [0.1, 0.15) is 5.75 Å². The highest BCUT2D eigenvalue weighted by Gasteiger charge is 2.72. The maximum Gasteiger partial charge on any atom is 0.323 e. The number of ether oxygens (including phenoxy) is 3. The van der Waals surface area contributed by atoms with Crippen LogP contribution >= 0.6 is 0 Å². The fourth-order valence-corrected chi connectivity index (χ4v) is 5.91. The van der Waals surface area contributed by atoms with Gasteiger partial charge in [0.05, 0.1) is 32.4 Å². The topological polar surface area (TPSA) is 74.2 Å². The zero-order chi connectivity index (χ0) is 23.1. The van der Waals surface area contributed by atoms with Gasteiger partial charge in [-0.1, -0.05) is 36.4 Å². The molecule has 1 fully saturated rings. The average molecular weight is 434 g/mol. The lowest BCUT2D eigenvalue weighted by Gasteiger charge is -2.41. The zero-order valence-corrected chi connectivity index (χ0v) is 18.8. The molecule has 1 aliphatic heterocycles. The maximum atomic E-state index is 13.4. The van der Waals surface area contributed by atoms with Crippen LogP contribution in [-0.4, -0.2) is 39.0 Å². The highest BCUT2D eigenvalue weighted by atomic mass is 16.5. The van der Waals surface area contributed by atoms with E-state index in [1.807, 2.05) is 61.5 Å². The number of benzene rings is 2. The van der Waals surface area contributed by atoms with Gasteiger partial charge in [-0.05, 0) is 48.6 Å². The molecule has 0 N–H and O–H groups in total. The van der Waals surface area contributed by atoms with Crippen molar-refractivity contribution in [1.29, 1.82) is 0 Å². The second-order valence-electron chi connectivity index (χ2n) is 8.29. The molecule has 1 spiro atoms. The number of hydrogen-bond acceptors (Lipinski definition) is 6. The molecule has 166 valence electrons. The number of fused-ring (bicyclic) bond motifs is 2. The van der Waals surface area contributed by atoms with Crippen molar-refractivity contribution in [3.63, 3.8) is 0 Å². The molecule has 3 atom stereocenters. The summed E-state index contributed by atoms with van der Waals surface area (Å²) in [6.07, 6.45) is 2.01. The van der Waals surface area contributed by atoms with Crippen molar-refractivity contribution in [3.8, 4) is 5.75 Å². The summed E-state index contributed by atoms with van der Waals surface area (Å²) in [6, 6.07) is 15.3. The third-order valence-corrected chi connectivity index (χ3v) is 7.13. The van der Waals surface area contributed by atoms with E-state index in [4.69, 9.17) is 19.2 Å². The van der Waals surface area contributed by atoms with Crippen LogP contribution in [0.15, 0.2) is 66.2 Å². The molecule has 6 heteroatoms. The van der Waals surface area contributed by atoms with Gasteiger partial charge in [0.2, 0.25) is 0 Å². The Morgan fingerprint density at radius 1 is 1.06 bits per heavy atom. The van der Waals surface area contributed by atoms with E-state index < -0.39 is 28.7 Å². The van der Waals surface area contributed by atoms with Gasteiger partial charge in [-0.2, -0.15) is 0 Å². The molecule has 0 saturated heterocycles. The van der Waals surface area contributed by atoms with Gasteiger partial charge in [-0.15, -0.1) is 6.58 Å². The van der Waals surface area contributed by atoms with E-state index in [1.54, 1.807) is 7.11 Å². The van der Waals surface area contributed by atoms with Crippen molar-refractivity contribution in [2.45, 2.75) is 24.7 Å². The van der Waals surface area contributed by atoms with Gasteiger partial charge in [0.15, 0.2) is 5.41 Å². The van der Waals surface area contributed by atoms with E-state index in [9.17, 15) is 9.59 Å². The van der Waals surface area contributed by atoms with E-state index in [0.717, 1.165) is 22.5 Å². The van der Waals surface area contributed by atoms with Crippen LogP contribution in [0, 0.1) is 11.3 Å². The van der Waals surface area contributed by atoms with Crippen LogP contribution in [0.3, 0.4) is 0 Å². The highest BCUT2D eigenvalue weighted by Crippen LogP contribution is 2.68. The van der Waals surface area contributed by atoms with Crippen molar-refractivity contribution < 1.29 is 23.8 Å². The van der Waals surface area contributed by atoms with E-state index in [2.05, 4.69) is 6.58 Å². The van der Waals surface area contributed by atoms with Crippen molar-refractivity contribution in [3.05, 3.63) is 72.3 Å². The number of hydrogen-bond donors (Lipinski definition) is 0. The summed E-state index contributed by atoms with van der Waals surface area (Å²) in [5.41, 5.74) is 0.983. The van der Waals surface area contributed by atoms with Crippen LogP contribution in [0.25, 0.3) is 0 Å². The van der Waals surface area contributed by atoms with Crippen LogP contribution < -0.4 is 4.74 Å². The molecular weight excluding hydrogens is 406 g/mol. The van der Waals surface area contributed by atoms with E-state index in [0.29, 0.717) is 5.75 Å². The summed E-state index contributed by atoms with van der Waals surface area (Å²) in [7, 11) is 4.21. The number of rotatable bonds is 5. The molecule has 32 heavy (non-hydrogen) atoms. The first kappa shape index (κ1) is 21.8. The standard InChI is InChI=1S/C26H27NO5/c1-6-18-15-25(23(28)31-4,24(29)32-5)22(17-10-8-7-9-11-17)26(18)16(2)27-21-13-12-19(30-3)14-20(21)26/h6-14,18,22H,1,15H2,2-5H3/t18-,22+,26+/m0/s1. The van der Waals surface area contributed by atoms with Crippen LogP contribution in [0.5, 0.6) is 5.75 Å². The molecule has 0 aromatic heterocycles. The monoisotopic (exact) mass is 433 g/mol. The summed E-state index contributed by atoms with van der Waals surface area (Å²) in [5.74, 6) is -1.45. The number of nitrogens with zero attached hydrogens (tertiary/aromatic N) is 1. The molecule has 2 aromatic rings. The summed E-state index contributed by atoms with van der Waals surface area (Å²) in [5, 5.41) is 0. The third kappa shape index (κ3) is 2.68. The molecule has 0 radical (unpaired) electrons. The lowest BCUT2D eigenvalue weighted by atomic mass is 9.59. The van der Waals surface area contributed by atoms with Crippen LogP contribution in [-0.2, 0) is 24.5 Å². The Bertz CT molecular complexity index is 1090. The smallest absolute Gasteiger partial charge is 0.323 e. The van der Waals surface area contributed by atoms with Crippen molar-refractivity contribution in [1.82, 2.24) is 0 Å². The fourth-order valence-electron chi connectivity index (χ4n) is 5.91. The lowest BCUT2D eigenvalue weighted by Crippen LogP contribution is -2.49. The Labute approximate surface area is 187 Å². The summed E-state index contributed by atoms with van der Waals surface area (Å²) in [6.45, 7) is 6.03. The Kier molecular flexibility index (Phi) is 5.41. The quantitative estimate of drug-likeness (QED) is 0.398.